The number of hydrogen-bond acceptors (Lipinski definition) is 6. The monoisotopic (exact) mass is 399 g/mol. The maximum atomic E-state index is 12.5. The van der Waals surface area contributed by atoms with Crippen LogP contribution in [0.5, 0.6) is 17.2 Å². The van der Waals surface area contributed by atoms with Crippen LogP contribution in [0, 0.1) is 0 Å². The highest BCUT2D eigenvalue weighted by Crippen LogP contribution is 2.40. The molecule has 0 aliphatic carbocycles. The van der Waals surface area contributed by atoms with Crippen molar-refractivity contribution in [2.45, 2.75) is 32.8 Å². The fourth-order valence-corrected chi connectivity index (χ4v) is 2.87. The van der Waals surface area contributed by atoms with Crippen LogP contribution in [0.4, 0.5) is 5.69 Å². The molecule has 1 aliphatic rings. The van der Waals surface area contributed by atoms with E-state index in [1.165, 1.54) is 31.7 Å². The van der Waals surface area contributed by atoms with E-state index in [0.717, 1.165) is 0 Å². The van der Waals surface area contributed by atoms with E-state index in [9.17, 15) is 9.59 Å². The number of hydrogen-bond donors (Lipinski definition) is 1. The van der Waals surface area contributed by atoms with E-state index in [-0.39, 0.29) is 5.56 Å². The average molecular weight is 399 g/mol. The topological polar surface area (TPSA) is 83.1 Å². The Kier molecular flexibility index (Phi) is 6.26. The van der Waals surface area contributed by atoms with Crippen molar-refractivity contribution in [1.82, 2.24) is 0 Å². The van der Waals surface area contributed by atoms with Gasteiger partial charge in [-0.25, -0.2) is 4.79 Å². The SMILES string of the molecule is COc1cc(C(=O)O[C@H](C)C(=O)Nc2ccc(C(C)C)cc2)cc2c1OCCO2. The number of amides is 1. The Morgan fingerprint density at radius 3 is 2.38 bits per heavy atom. The molecule has 154 valence electrons. The van der Waals surface area contributed by atoms with E-state index in [2.05, 4.69) is 19.2 Å². The van der Waals surface area contributed by atoms with E-state index < -0.39 is 18.0 Å². The van der Waals surface area contributed by atoms with Gasteiger partial charge in [-0.05, 0) is 42.7 Å². The second kappa shape index (κ2) is 8.86. The van der Waals surface area contributed by atoms with Crippen molar-refractivity contribution in [1.29, 1.82) is 0 Å². The summed E-state index contributed by atoms with van der Waals surface area (Å²) >= 11 is 0. The van der Waals surface area contributed by atoms with Crippen LogP contribution in [-0.4, -0.2) is 38.3 Å². The summed E-state index contributed by atoms with van der Waals surface area (Å²) < 4.78 is 21.6. The number of methoxy groups -OCH3 is 1. The molecule has 1 aliphatic heterocycles. The molecular weight excluding hydrogens is 374 g/mol. The molecule has 29 heavy (non-hydrogen) atoms. The van der Waals surface area contributed by atoms with Crippen LogP contribution >= 0.6 is 0 Å². The second-order valence-corrected chi connectivity index (χ2v) is 7.02. The van der Waals surface area contributed by atoms with Crippen LogP contribution in [0.15, 0.2) is 36.4 Å². The van der Waals surface area contributed by atoms with Gasteiger partial charge in [0.2, 0.25) is 5.75 Å². The number of benzene rings is 2. The molecule has 7 heteroatoms. The zero-order chi connectivity index (χ0) is 21.0. The van der Waals surface area contributed by atoms with Crippen LogP contribution in [-0.2, 0) is 9.53 Å². The molecule has 1 N–H and O–H groups in total. The first kappa shape index (κ1) is 20.5. The smallest absolute Gasteiger partial charge is 0.339 e. The minimum atomic E-state index is -0.980. The first-order chi connectivity index (χ1) is 13.9. The average Bonchev–Trinajstić information content (AvgIpc) is 2.73. The Morgan fingerprint density at radius 1 is 1.03 bits per heavy atom. The standard InChI is InChI=1S/C22H25NO6/c1-13(2)15-5-7-17(8-6-15)23-21(24)14(3)29-22(25)16-11-18(26-4)20-19(12-16)27-9-10-28-20/h5-8,11-14H,9-10H2,1-4H3,(H,23,24)/t14-/m1/s1. The van der Waals surface area contributed by atoms with Crippen molar-refractivity contribution in [3.05, 3.63) is 47.5 Å². The van der Waals surface area contributed by atoms with Crippen molar-refractivity contribution in [3.8, 4) is 17.2 Å². The molecule has 2 aromatic carbocycles. The minimum absolute atomic E-state index is 0.215. The van der Waals surface area contributed by atoms with E-state index in [1.807, 2.05) is 24.3 Å². The molecule has 1 atom stereocenters. The number of ether oxygens (including phenoxy) is 4. The summed E-state index contributed by atoms with van der Waals surface area (Å²) in [5.74, 6) is 0.563. The molecule has 0 aromatic heterocycles. The lowest BCUT2D eigenvalue weighted by molar-refractivity contribution is -0.123. The lowest BCUT2D eigenvalue weighted by Crippen LogP contribution is -2.30. The van der Waals surface area contributed by atoms with Crippen LogP contribution in [0.1, 0.15) is 42.6 Å². The number of carbonyl (C=O) groups excluding carboxylic acids is 2. The Morgan fingerprint density at radius 2 is 1.72 bits per heavy atom. The normalized spacial score (nSPS) is 13.6. The van der Waals surface area contributed by atoms with Crippen LogP contribution in [0.25, 0.3) is 0 Å². The molecule has 0 unspecified atom stereocenters. The van der Waals surface area contributed by atoms with E-state index >= 15 is 0 Å². The zero-order valence-corrected chi connectivity index (χ0v) is 17.0. The number of fused-ring (bicyclic) bond motifs is 1. The highest BCUT2D eigenvalue weighted by atomic mass is 16.6. The predicted octanol–water partition coefficient (Wildman–Crippen LogP) is 3.77. The van der Waals surface area contributed by atoms with Crippen molar-refractivity contribution >= 4 is 17.6 Å². The molecule has 0 bridgehead atoms. The van der Waals surface area contributed by atoms with Gasteiger partial charge in [-0.15, -0.1) is 0 Å². The molecule has 3 rings (SSSR count). The Bertz CT molecular complexity index is 874. The van der Waals surface area contributed by atoms with Crippen molar-refractivity contribution < 1.29 is 28.5 Å². The number of esters is 1. The van der Waals surface area contributed by atoms with Gasteiger partial charge >= 0.3 is 5.97 Å². The molecular formula is C22H25NO6. The highest BCUT2D eigenvalue weighted by Gasteiger charge is 2.24. The number of carbonyl (C=O) groups is 2. The van der Waals surface area contributed by atoms with Gasteiger partial charge < -0.3 is 24.3 Å². The van der Waals surface area contributed by atoms with Gasteiger partial charge in [0.05, 0.1) is 12.7 Å². The Labute approximate surface area is 169 Å². The van der Waals surface area contributed by atoms with Crippen molar-refractivity contribution in [2.24, 2.45) is 0 Å². The molecule has 0 spiro atoms. The van der Waals surface area contributed by atoms with Gasteiger partial charge in [-0.3, -0.25) is 4.79 Å². The van der Waals surface area contributed by atoms with E-state index in [4.69, 9.17) is 18.9 Å². The predicted molar refractivity (Wildman–Crippen MR) is 108 cm³/mol. The Balaban J connectivity index is 1.66. The fourth-order valence-electron chi connectivity index (χ4n) is 2.87. The summed E-state index contributed by atoms with van der Waals surface area (Å²) in [6.07, 6.45) is -0.980. The summed E-state index contributed by atoms with van der Waals surface area (Å²) in [5, 5.41) is 2.75. The van der Waals surface area contributed by atoms with Gasteiger partial charge in [-0.2, -0.15) is 0 Å². The lowest BCUT2D eigenvalue weighted by Gasteiger charge is -2.21. The molecule has 7 nitrogen and oxygen atoms in total. The highest BCUT2D eigenvalue weighted by molar-refractivity contribution is 5.97. The summed E-state index contributed by atoms with van der Waals surface area (Å²) in [6, 6.07) is 10.6. The van der Waals surface area contributed by atoms with E-state index in [1.54, 1.807) is 0 Å². The van der Waals surface area contributed by atoms with Crippen molar-refractivity contribution in [3.63, 3.8) is 0 Å². The molecule has 1 amide bonds. The fraction of sp³-hybridized carbons (Fsp3) is 0.364. The molecule has 0 fully saturated rings. The largest absolute Gasteiger partial charge is 0.493 e. The molecule has 1 heterocycles. The lowest BCUT2D eigenvalue weighted by atomic mass is 10.0. The first-order valence-electron chi connectivity index (χ1n) is 9.48. The maximum Gasteiger partial charge on any atom is 0.339 e. The summed E-state index contributed by atoms with van der Waals surface area (Å²) in [5.41, 5.74) is 2.03. The van der Waals surface area contributed by atoms with Gasteiger partial charge in [-0.1, -0.05) is 26.0 Å². The third kappa shape index (κ3) is 4.80. The number of rotatable bonds is 6. The third-order valence-corrected chi connectivity index (χ3v) is 4.56. The minimum Gasteiger partial charge on any atom is -0.493 e. The number of nitrogens with one attached hydrogen (secondary N) is 1. The molecule has 0 saturated heterocycles. The maximum absolute atomic E-state index is 12.5. The molecule has 2 aromatic rings. The van der Waals surface area contributed by atoms with Crippen LogP contribution in [0.2, 0.25) is 0 Å². The summed E-state index contributed by atoms with van der Waals surface area (Å²) in [4.78, 5) is 24.9. The van der Waals surface area contributed by atoms with Gasteiger partial charge in [0, 0.05) is 5.69 Å². The van der Waals surface area contributed by atoms with Crippen LogP contribution < -0.4 is 19.5 Å². The summed E-state index contributed by atoms with van der Waals surface area (Å²) in [6.45, 7) is 6.50. The van der Waals surface area contributed by atoms with Gasteiger partial charge in [0.25, 0.3) is 5.91 Å². The number of anilines is 1. The quantitative estimate of drug-likeness (QED) is 0.745. The van der Waals surface area contributed by atoms with E-state index in [0.29, 0.717) is 42.1 Å². The first-order valence-corrected chi connectivity index (χ1v) is 9.48. The third-order valence-electron chi connectivity index (χ3n) is 4.56. The Hall–Kier alpha value is -3.22. The van der Waals surface area contributed by atoms with Gasteiger partial charge in [0.15, 0.2) is 17.6 Å². The van der Waals surface area contributed by atoms with Gasteiger partial charge in [0.1, 0.15) is 13.2 Å². The molecule has 0 saturated carbocycles. The zero-order valence-electron chi connectivity index (χ0n) is 17.0. The van der Waals surface area contributed by atoms with Crippen LogP contribution in [0.3, 0.4) is 0 Å². The molecule has 0 radical (unpaired) electrons. The van der Waals surface area contributed by atoms with Crippen molar-refractivity contribution in [2.75, 3.05) is 25.6 Å². The second-order valence-electron chi connectivity index (χ2n) is 7.02. The summed E-state index contributed by atoms with van der Waals surface area (Å²) in [7, 11) is 1.48.